The van der Waals surface area contributed by atoms with E-state index in [0.29, 0.717) is 12.4 Å². The minimum Gasteiger partial charge on any atom is -0.438 e. The Balaban J connectivity index is 2.19. The molecule has 2 rings (SSSR count). The van der Waals surface area contributed by atoms with E-state index >= 15 is 0 Å². The Morgan fingerprint density at radius 2 is 2.25 bits per heavy atom. The molecule has 4 nitrogen and oxygen atoms in total. The summed E-state index contributed by atoms with van der Waals surface area (Å²) in [6.45, 7) is 2.43. The van der Waals surface area contributed by atoms with Gasteiger partial charge in [0.25, 0.3) is 0 Å². The van der Waals surface area contributed by atoms with Gasteiger partial charge in [-0.15, -0.1) is 5.10 Å². The Morgan fingerprint density at radius 3 is 2.81 bits per heavy atom. The molecule has 84 valence electrons. The zero-order chi connectivity index (χ0) is 11.5. The Bertz CT molecular complexity index is 496. The topological polar surface area (TPSA) is 63.9 Å². The summed E-state index contributed by atoms with van der Waals surface area (Å²) in [5.74, 6) is 1.29. The quantitative estimate of drug-likeness (QED) is 0.909. The van der Waals surface area contributed by atoms with Gasteiger partial charge in [0.15, 0.2) is 0 Å². The second-order valence-electron chi connectivity index (χ2n) is 3.45. The lowest BCUT2D eigenvalue weighted by Gasteiger charge is -2.05. The van der Waals surface area contributed by atoms with Crippen molar-refractivity contribution in [1.29, 1.82) is 0 Å². The summed E-state index contributed by atoms with van der Waals surface area (Å²) in [6, 6.07) is 7.52. The van der Waals surface area contributed by atoms with Crippen molar-refractivity contribution in [3.05, 3.63) is 40.0 Å². The maximum absolute atomic E-state index is 5.57. The van der Waals surface area contributed by atoms with E-state index < -0.39 is 0 Å². The number of nitrogens with two attached hydrogens (primary N) is 1. The van der Waals surface area contributed by atoms with Crippen LogP contribution in [0.3, 0.4) is 0 Å². The van der Waals surface area contributed by atoms with Gasteiger partial charge in [0.1, 0.15) is 5.75 Å². The molecule has 3 N–H and O–H groups in total. The molecule has 16 heavy (non-hydrogen) atoms. The molecule has 0 aliphatic carbocycles. The van der Waals surface area contributed by atoms with Gasteiger partial charge in [0.05, 0.1) is 0 Å². The number of benzene rings is 1. The van der Waals surface area contributed by atoms with Crippen molar-refractivity contribution >= 4 is 15.9 Å². The molecule has 2 aromatic rings. The standard InChI is InChI=1S/C11H12BrN3O/c1-7-4-11(15-14-7)16-9-3-2-8(6-13)10(12)5-9/h2-5H,6,13H2,1H3,(H,14,15). The minimum absolute atomic E-state index is 0.502. The summed E-state index contributed by atoms with van der Waals surface area (Å²) in [5, 5.41) is 6.82. The molecule has 1 aromatic carbocycles. The number of H-pyrrole nitrogens is 1. The summed E-state index contributed by atoms with van der Waals surface area (Å²) < 4.78 is 6.51. The van der Waals surface area contributed by atoms with Crippen LogP contribution < -0.4 is 10.5 Å². The molecule has 0 aliphatic heterocycles. The third-order valence-electron chi connectivity index (χ3n) is 2.15. The first-order valence-electron chi connectivity index (χ1n) is 4.87. The van der Waals surface area contributed by atoms with Gasteiger partial charge < -0.3 is 10.5 Å². The van der Waals surface area contributed by atoms with Crippen molar-refractivity contribution in [3.8, 4) is 11.6 Å². The highest BCUT2D eigenvalue weighted by atomic mass is 79.9. The monoisotopic (exact) mass is 281 g/mol. The molecule has 0 unspecified atom stereocenters. The first-order chi connectivity index (χ1) is 7.69. The fourth-order valence-electron chi connectivity index (χ4n) is 1.32. The zero-order valence-electron chi connectivity index (χ0n) is 8.83. The fourth-order valence-corrected chi connectivity index (χ4v) is 1.84. The summed E-state index contributed by atoms with van der Waals surface area (Å²) in [6.07, 6.45) is 0. The van der Waals surface area contributed by atoms with Gasteiger partial charge in [-0.1, -0.05) is 22.0 Å². The van der Waals surface area contributed by atoms with Crippen molar-refractivity contribution in [3.63, 3.8) is 0 Å². The second-order valence-corrected chi connectivity index (χ2v) is 4.30. The van der Waals surface area contributed by atoms with E-state index in [9.17, 15) is 0 Å². The van der Waals surface area contributed by atoms with Crippen LogP contribution in [0.2, 0.25) is 0 Å². The molecule has 1 heterocycles. The van der Waals surface area contributed by atoms with Crippen LogP contribution >= 0.6 is 15.9 Å². The molecule has 5 heteroatoms. The number of rotatable bonds is 3. The van der Waals surface area contributed by atoms with Crippen molar-refractivity contribution in [2.75, 3.05) is 0 Å². The van der Waals surface area contributed by atoms with Gasteiger partial charge in [-0.2, -0.15) is 0 Å². The van der Waals surface area contributed by atoms with E-state index in [1.807, 2.05) is 31.2 Å². The average Bonchev–Trinajstić information content (AvgIpc) is 2.64. The van der Waals surface area contributed by atoms with Crippen molar-refractivity contribution in [2.45, 2.75) is 13.5 Å². The predicted octanol–water partition coefficient (Wildman–Crippen LogP) is 2.73. The van der Waals surface area contributed by atoms with E-state index in [4.69, 9.17) is 10.5 Å². The largest absolute Gasteiger partial charge is 0.438 e. The molecule has 0 spiro atoms. The molecule has 0 bridgehead atoms. The van der Waals surface area contributed by atoms with Crippen LogP contribution in [0.25, 0.3) is 0 Å². The normalized spacial score (nSPS) is 10.4. The van der Waals surface area contributed by atoms with Gasteiger partial charge >= 0.3 is 0 Å². The Labute approximate surface area is 102 Å². The third kappa shape index (κ3) is 2.43. The summed E-state index contributed by atoms with van der Waals surface area (Å²) in [5.41, 5.74) is 7.58. The Morgan fingerprint density at radius 1 is 1.44 bits per heavy atom. The van der Waals surface area contributed by atoms with Gasteiger partial charge in [-0.05, 0) is 24.6 Å². The van der Waals surface area contributed by atoms with Crippen molar-refractivity contribution < 1.29 is 4.74 Å². The number of nitrogens with zero attached hydrogens (tertiary/aromatic N) is 1. The molecule has 0 saturated carbocycles. The number of hydrogen-bond acceptors (Lipinski definition) is 3. The number of halogens is 1. The van der Waals surface area contributed by atoms with Crippen molar-refractivity contribution in [2.24, 2.45) is 5.73 Å². The van der Waals surface area contributed by atoms with Crippen molar-refractivity contribution in [1.82, 2.24) is 10.2 Å². The number of aryl methyl sites for hydroxylation is 1. The smallest absolute Gasteiger partial charge is 0.238 e. The highest BCUT2D eigenvalue weighted by Crippen LogP contribution is 2.26. The number of hydrogen-bond donors (Lipinski definition) is 2. The van der Waals surface area contributed by atoms with Gasteiger partial charge in [0.2, 0.25) is 5.88 Å². The number of aromatic nitrogens is 2. The predicted molar refractivity (Wildman–Crippen MR) is 65.4 cm³/mol. The lowest BCUT2D eigenvalue weighted by Crippen LogP contribution is -1.97. The minimum atomic E-state index is 0.502. The molecule has 0 saturated heterocycles. The molecular formula is C11H12BrN3O. The maximum Gasteiger partial charge on any atom is 0.238 e. The Hall–Kier alpha value is -1.33. The molecular weight excluding hydrogens is 270 g/mol. The first-order valence-corrected chi connectivity index (χ1v) is 5.66. The summed E-state index contributed by atoms with van der Waals surface area (Å²) in [7, 11) is 0. The number of aromatic amines is 1. The van der Waals surface area contributed by atoms with Crippen LogP contribution in [-0.2, 0) is 6.54 Å². The first kappa shape index (κ1) is 11.2. The SMILES string of the molecule is Cc1cc(Oc2ccc(CN)c(Br)c2)n[nH]1. The molecule has 0 atom stereocenters. The molecule has 0 fully saturated rings. The highest BCUT2D eigenvalue weighted by molar-refractivity contribution is 9.10. The van der Waals surface area contributed by atoms with Crippen LogP contribution in [0.5, 0.6) is 11.6 Å². The van der Waals surface area contributed by atoms with E-state index in [-0.39, 0.29) is 0 Å². The van der Waals surface area contributed by atoms with Gasteiger partial charge in [-0.3, -0.25) is 5.10 Å². The zero-order valence-corrected chi connectivity index (χ0v) is 10.4. The summed E-state index contributed by atoms with van der Waals surface area (Å²) in [4.78, 5) is 0. The van der Waals surface area contributed by atoms with Crippen LogP contribution in [0.15, 0.2) is 28.7 Å². The van der Waals surface area contributed by atoms with Crippen LogP contribution in [0.4, 0.5) is 0 Å². The van der Waals surface area contributed by atoms with Crippen LogP contribution in [0.1, 0.15) is 11.3 Å². The van der Waals surface area contributed by atoms with Gasteiger partial charge in [-0.25, -0.2) is 0 Å². The second kappa shape index (κ2) is 4.67. The molecule has 0 radical (unpaired) electrons. The fraction of sp³-hybridized carbons (Fsp3) is 0.182. The Kier molecular flexibility index (Phi) is 3.26. The molecule has 0 amide bonds. The molecule has 1 aromatic heterocycles. The maximum atomic E-state index is 5.57. The number of ether oxygens (including phenoxy) is 1. The third-order valence-corrected chi connectivity index (χ3v) is 2.89. The lowest BCUT2D eigenvalue weighted by atomic mass is 10.2. The van der Waals surface area contributed by atoms with E-state index in [2.05, 4.69) is 26.1 Å². The lowest BCUT2D eigenvalue weighted by molar-refractivity contribution is 0.461. The van der Waals surface area contributed by atoms with E-state index in [1.54, 1.807) is 0 Å². The highest BCUT2D eigenvalue weighted by Gasteiger charge is 2.04. The average molecular weight is 282 g/mol. The van der Waals surface area contributed by atoms with Crippen LogP contribution in [0, 0.1) is 6.92 Å². The van der Waals surface area contributed by atoms with E-state index in [0.717, 1.165) is 21.5 Å². The van der Waals surface area contributed by atoms with Crippen LogP contribution in [-0.4, -0.2) is 10.2 Å². The number of nitrogens with one attached hydrogen (secondary N) is 1. The van der Waals surface area contributed by atoms with E-state index in [1.165, 1.54) is 0 Å². The van der Waals surface area contributed by atoms with Gasteiger partial charge in [0, 0.05) is 22.8 Å². The summed E-state index contributed by atoms with van der Waals surface area (Å²) >= 11 is 3.44. The molecule has 0 aliphatic rings.